The number of H-pyrrole nitrogens is 1. The molecule has 3 N–H and O–H groups in total. The molecule has 0 saturated carbocycles. The average Bonchev–Trinajstić information content (AvgIpc) is 3.23. The van der Waals surface area contributed by atoms with Gasteiger partial charge in [-0.15, -0.1) is 0 Å². The molecule has 1 atom stereocenters. The number of carbonyl (C=O) groups excluding carboxylic acids is 1. The molecular weight excluding hydrogens is 308 g/mol. The summed E-state index contributed by atoms with van der Waals surface area (Å²) in [5, 5.41) is 13.2. The van der Waals surface area contributed by atoms with E-state index in [4.69, 9.17) is 4.74 Å². The summed E-state index contributed by atoms with van der Waals surface area (Å²) in [6.45, 7) is 5.56. The Balaban J connectivity index is 1.68. The molecule has 8 nitrogen and oxygen atoms in total. The number of nitrogens with one attached hydrogen (secondary N) is 3. The van der Waals surface area contributed by atoms with Gasteiger partial charge in [0.2, 0.25) is 5.82 Å². The quantitative estimate of drug-likeness (QED) is 0.710. The molecule has 0 aliphatic carbocycles. The molecule has 1 unspecified atom stereocenters. The molecule has 0 spiro atoms. The molecule has 0 bridgehead atoms. The maximum Gasteiger partial charge on any atom is 0.375 e. The van der Waals surface area contributed by atoms with Crippen molar-refractivity contribution < 1.29 is 9.53 Å². The van der Waals surface area contributed by atoms with Crippen molar-refractivity contribution in [1.29, 1.82) is 0 Å². The topological polar surface area (TPSA) is 104 Å². The Kier molecular flexibility index (Phi) is 4.74. The van der Waals surface area contributed by atoms with Crippen molar-refractivity contribution in [3.05, 3.63) is 35.7 Å². The van der Waals surface area contributed by atoms with Crippen LogP contribution in [-0.2, 0) is 11.3 Å². The van der Waals surface area contributed by atoms with Crippen LogP contribution < -0.4 is 10.6 Å². The van der Waals surface area contributed by atoms with Gasteiger partial charge in [-0.3, -0.25) is 10.1 Å². The molecule has 2 heterocycles. The fraction of sp³-hybridized carbons (Fsp3) is 0.375. The zero-order valence-electron chi connectivity index (χ0n) is 13.7. The summed E-state index contributed by atoms with van der Waals surface area (Å²) < 4.78 is 4.90. The highest BCUT2D eigenvalue weighted by Crippen LogP contribution is 2.16. The van der Waals surface area contributed by atoms with E-state index in [1.807, 2.05) is 24.3 Å². The van der Waals surface area contributed by atoms with Crippen LogP contribution in [0.4, 0.5) is 0 Å². The molecule has 0 radical (unpaired) electrons. The van der Waals surface area contributed by atoms with Gasteiger partial charge < -0.3 is 15.4 Å². The number of carbonyl (C=O) groups is 1. The highest BCUT2D eigenvalue weighted by molar-refractivity contribution is 5.85. The third kappa shape index (κ3) is 3.70. The first-order chi connectivity index (χ1) is 11.7. The van der Waals surface area contributed by atoms with Gasteiger partial charge >= 0.3 is 5.97 Å². The molecular formula is C16H20N6O2. The van der Waals surface area contributed by atoms with Crippen molar-refractivity contribution in [1.82, 2.24) is 25.8 Å². The van der Waals surface area contributed by atoms with Crippen molar-refractivity contribution in [3.63, 3.8) is 0 Å². The normalized spacial score (nSPS) is 16.4. The van der Waals surface area contributed by atoms with Gasteiger partial charge in [0.05, 0.1) is 13.2 Å². The summed E-state index contributed by atoms with van der Waals surface area (Å²) in [5.41, 5.74) is 1.90. The fourth-order valence-electron chi connectivity index (χ4n) is 2.35. The maximum absolute atomic E-state index is 11.6. The molecule has 1 aliphatic rings. The van der Waals surface area contributed by atoms with E-state index in [-0.39, 0.29) is 5.82 Å². The second kappa shape index (κ2) is 7.12. The van der Waals surface area contributed by atoms with E-state index >= 15 is 0 Å². The first-order valence-corrected chi connectivity index (χ1v) is 7.89. The Bertz CT molecular complexity index is 755. The summed E-state index contributed by atoms with van der Waals surface area (Å²) in [7, 11) is 0. The van der Waals surface area contributed by atoms with E-state index in [1.54, 1.807) is 6.92 Å². The molecule has 0 amide bonds. The molecule has 3 rings (SSSR count). The predicted octanol–water partition coefficient (Wildman–Crippen LogP) is 1.09. The van der Waals surface area contributed by atoms with Gasteiger partial charge in [0.25, 0.3) is 0 Å². The number of rotatable bonds is 5. The van der Waals surface area contributed by atoms with E-state index in [2.05, 4.69) is 37.7 Å². The molecule has 0 saturated heterocycles. The van der Waals surface area contributed by atoms with E-state index in [1.165, 1.54) is 0 Å². The SMILES string of the molecule is CCOC(=O)c1nc(-c2cccc(CNC3=NCC(C)N3)c2)n[nH]1. The number of hydrogen-bond acceptors (Lipinski definition) is 7. The van der Waals surface area contributed by atoms with Crippen molar-refractivity contribution >= 4 is 11.9 Å². The number of esters is 1. The molecule has 2 aromatic rings. The summed E-state index contributed by atoms with van der Waals surface area (Å²) >= 11 is 0. The predicted molar refractivity (Wildman–Crippen MR) is 89.5 cm³/mol. The van der Waals surface area contributed by atoms with E-state index in [9.17, 15) is 4.79 Å². The summed E-state index contributed by atoms with van der Waals surface area (Å²) in [4.78, 5) is 20.2. The average molecular weight is 328 g/mol. The molecule has 126 valence electrons. The van der Waals surface area contributed by atoms with Crippen molar-refractivity contribution in [2.24, 2.45) is 4.99 Å². The first kappa shape index (κ1) is 16.0. The van der Waals surface area contributed by atoms with Crippen molar-refractivity contribution in [2.45, 2.75) is 26.4 Å². The third-order valence-corrected chi connectivity index (χ3v) is 3.51. The Morgan fingerprint density at radius 3 is 3.08 bits per heavy atom. The Morgan fingerprint density at radius 2 is 2.33 bits per heavy atom. The highest BCUT2D eigenvalue weighted by Gasteiger charge is 2.14. The lowest BCUT2D eigenvalue weighted by atomic mass is 10.1. The van der Waals surface area contributed by atoms with Crippen LogP contribution in [0.25, 0.3) is 11.4 Å². The van der Waals surface area contributed by atoms with Crippen LogP contribution >= 0.6 is 0 Å². The molecule has 8 heteroatoms. The van der Waals surface area contributed by atoms with Crippen LogP contribution in [0.1, 0.15) is 30.0 Å². The molecule has 24 heavy (non-hydrogen) atoms. The first-order valence-electron chi connectivity index (χ1n) is 7.89. The maximum atomic E-state index is 11.6. The Labute approximate surface area is 139 Å². The van der Waals surface area contributed by atoms with Crippen molar-refractivity contribution in [3.8, 4) is 11.4 Å². The third-order valence-electron chi connectivity index (χ3n) is 3.51. The largest absolute Gasteiger partial charge is 0.460 e. The van der Waals surface area contributed by atoms with Gasteiger partial charge in [-0.2, -0.15) is 5.10 Å². The minimum atomic E-state index is -0.506. The second-order valence-corrected chi connectivity index (χ2v) is 5.52. The van der Waals surface area contributed by atoms with E-state index < -0.39 is 5.97 Å². The van der Waals surface area contributed by atoms with Crippen LogP contribution in [0.3, 0.4) is 0 Å². The molecule has 0 fully saturated rings. The van der Waals surface area contributed by atoms with E-state index in [0.29, 0.717) is 25.0 Å². The number of aromatic nitrogens is 3. The lowest BCUT2D eigenvalue weighted by molar-refractivity contribution is 0.0512. The van der Waals surface area contributed by atoms with Crippen LogP contribution in [-0.4, -0.2) is 46.3 Å². The number of nitrogens with zero attached hydrogens (tertiary/aromatic N) is 3. The number of guanidine groups is 1. The number of ether oxygens (including phenoxy) is 1. The molecule has 1 aromatic carbocycles. The zero-order valence-corrected chi connectivity index (χ0v) is 13.7. The minimum Gasteiger partial charge on any atom is -0.460 e. The van der Waals surface area contributed by atoms with E-state index in [0.717, 1.165) is 23.6 Å². The van der Waals surface area contributed by atoms with Crippen LogP contribution in [0.15, 0.2) is 29.3 Å². The highest BCUT2D eigenvalue weighted by atomic mass is 16.5. The summed E-state index contributed by atoms with van der Waals surface area (Å²) in [6.07, 6.45) is 0. The Hall–Kier alpha value is -2.90. The van der Waals surface area contributed by atoms with Crippen LogP contribution in [0.5, 0.6) is 0 Å². The fourth-order valence-corrected chi connectivity index (χ4v) is 2.35. The lowest BCUT2D eigenvalue weighted by Crippen LogP contribution is -2.37. The summed E-state index contributed by atoms with van der Waals surface area (Å²) in [5.74, 6) is 0.877. The van der Waals surface area contributed by atoms with Gasteiger partial charge in [0, 0.05) is 18.2 Å². The van der Waals surface area contributed by atoms with Crippen LogP contribution in [0.2, 0.25) is 0 Å². The number of benzene rings is 1. The monoisotopic (exact) mass is 328 g/mol. The number of aliphatic imine (C=N–C) groups is 1. The standard InChI is InChI=1S/C16H20N6O2/c1-3-24-15(23)14-20-13(21-22-14)12-6-4-5-11(7-12)9-18-16-17-8-10(2)19-16/h4-7,10H,3,8-9H2,1-2H3,(H2,17,18,19)(H,20,21,22). The summed E-state index contributed by atoms with van der Waals surface area (Å²) in [6, 6.07) is 8.18. The number of hydrogen-bond donors (Lipinski definition) is 3. The Morgan fingerprint density at radius 1 is 1.46 bits per heavy atom. The smallest absolute Gasteiger partial charge is 0.375 e. The number of aromatic amines is 1. The second-order valence-electron chi connectivity index (χ2n) is 5.52. The van der Waals surface area contributed by atoms with Gasteiger partial charge in [-0.1, -0.05) is 18.2 Å². The van der Waals surface area contributed by atoms with Gasteiger partial charge in [0.1, 0.15) is 0 Å². The lowest BCUT2D eigenvalue weighted by Gasteiger charge is -2.09. The van der Waals surface area contributed by atoms with Crippen molar-refractivity contribution in [2.75, 3.05) is 13.2 Å². The van der Waals surface area contributed by atoms with Gasteiger partial charge in [0.15, 0.2) is 11.8 Å². The van der Waals surface area contributed by atoms with Gasteiger partial charge in [-0.25, -0.2) is 9.78 Å². The van der Waals surface area contributed by atoms with Gasteiger partial charge in [-0.05, 0) is 25.5 Å². The zero-order chi connectivity index (χ0) is 16.9. The minimum absolute atomic E-state index is 0.105. The molecule has 1 aliphatic heterocycles. The van der Waals surface area contributed by atoms with Crippen LogP contribution in [0, 0.1) is 0 Å². The molecule has 1 aromatic heterocycles.